The molecule has 2 radical (unpaired) electrons. The summed E-state index contributed by atoms with van der Waals surface area (Å²) in [4.78, 5) is 39.8. The van der Waals surface area contributed by atoms with Crippen molar-refractivity contribution < 1.29 is 19.1 Å². The highest BCUT2D eigenvalue weighted by molar-refractivity contribution is 7.80. The van der Waals surface area contributed by atoms with E-state index in [4.69, 9.17) is 24.8 Å². The lowest BCUT2D eigenvalue weighted by atomic mass is 10.0. The van der Waals surface area contributed by atoms with Gasteiger partial charge in [0.1, 0.15) is 19.2 Å². The van der Waals surface area contributed by atoms with E-state index in [0.717, 1.165) is 11.1 Å². The van der Waals surface area contributed by atoms with Gasteiger partial charge in [-0.1, -0.05) is 72.9 Å². The quantitative estimate of drug-likeness (QED) is 0.345. The van der Waals surface area contributed by atoms with Crippen molar-refractivity contribution >= 4 is 43.0 Å². The Balaban J connectivity index is 1.53. The zero-order valence-corrected chi connectivity index (χ0v) is 20.3. The lowest BCUT2D eigenvalue weighted by Crippen LogP contribution is -2.54. The summed E-state index contributed by atoms with van der Waals surface area (Å²) in [7, 11) is 5.58. The SMILES string of the molecule is [B]CNC(=S)[C@H](Cc1ccccc1)NC(=O)[C@@H]1CCCN1C(=O)CNC(=O)OCc1ccccc1. The summed E-state index contributed by atoms with van der Waals surface area (Å²) in [6, 6.07) is 17.8. The number of amides is 3. The first-order valence-corrected chi connectivity index (χ1v) is 11.9. The lowest BCUT2D eigenvalue weighted by molar-refractivity contribution is -0.137. The van der Waals surface area contributed by atoms with Crippen LogP contribution in [-0.4, -0.2) is 67.3 Å². The largest absolute Gasteiger partial charge is 0.445 e. The van der Waals surface area contributed by atoms with E-state index < -0.39 is 18.2 Å². The van der Waals surface area contributed by atoms with Crippen molar-refractivity contribution in [3.05, 3.63) is 71.8 Å². The van der Waals surface area contributed by atoms with Crippen molar-refractivity contribution in [1.82, 2.24) is 20.9 Å². The van der Waals surface area contributed by atoms with E-state index in [1.54, 1.807) is 0 Å². The Morgan fingerprint density at radius 2 is 1.69 bits per heavy atom. The Morgan fingerprint density at radius 1 is 1.03 bits per heavy atom. The first-order valence-electron chi connectivity index (χ1n) is 11.5. The number of nitrogens with zero attached hydrogens (tertiary/aromatic N) is 1. The van der Waals surface area contributed by atoms with E-state index in [0.29, 0.717) is 30.8 Å². The summed E-state index contributed by atoms with van der Waals surface area (Å²) < 4.78 is 5.14. The predicted molar refractivity (Wildman–Crippen MR) is 138 cm³/mol. The van der Waals surface area contributed by atoms with Crippen molar-refractivity contribution in [3.8, 4) is 0 Å². The van der Waals surface area contributed by atoms with Gasteiger partial charge in [-0.05, 0) is 36.8 Å². The molecule has 0 bridgehead atoms. The average Bonchev–Trinajstić information content (AvgIpc) is 3.37. The second-order valence-electron chi connectivity index (χ2n) is 8.16. The summed E-state index contributed by atoms with van der Waals surface area (Å²) in [5, 5.41) is 8.35. The van der Waals surface area contributed by atoms with Crippen LogP contribution in [0.4, 0.5) is 4.79 Å². The molecule has 1 aliphatic heterocycles. The van der Waals surface area contributed by atoms with Gasteiger partial charge in [0.25, 0.3) is 0 Å². The third-order valence-electron chi connectivity index (χ3n) is 5.66. The van der Waals surface area contributed by atoms with Gasteiger partial charge in [0.05, 0.1) is 18.9 Å². The molecule has 182 valence electrons. The van der Waals surface area contributed by atoms with Crippen LogP contribution in [-0.2, 0) is 27.4 Å². The Labute approximate surface area is 212 Å². The van der Waals surface area contributed by atoms with Crippen LogP contribution in [0.2, 0.25) is 0 Å². The fourth-order valence-electron chi connectivity index (χ4n) is 3.91. The number of nitrogens with one attached hydrogen (secondary N) is 3. The monoisotopic (exact) mass is 492 g/mol. The zero-order chi connectivity index (χ0) is 25.0. The number of benzene rings is 2. The van der Waals surface area contributed by atoms with E-state index in [9.17, 15) is 14.4 Å². The van der Waals surface area contributed by atoms with E-state index in [1.807, 2.05) is 60.7 Å². The highest BCUT2D eigenvalue weighted by atomic mass is 32.1. The molecule has 0 spiro atoms. The maximum absolute atomic E-state index is 13.1. The highest BCUT2D eigenvalue weighted by Crippen LogP contribution is 2.18. The second-order valence-corrected chi connectivity index (χ2v) is 8.60. The standard InChI is InChI=1S/C25H29BN4O4S/c26-17-28-24(35)20(14-18-8-3-1-4-9-18)29-23(32)21-12-7-13-30(21)22(31)15-27-25(33)34-16-19-10-5-2-6-11-19/h1-6,8-11,20-21H,7,12-17H2,(H,27,33)(H,28,35)(H,29,32)/t20-,21-/m0/s1. The van der Waals surface area contributed by atoms with Crippen LogP contribution in [0.3, 0.4) is 0 Å². The summed E-state index contributed by atoms with van der Waals surface area (Å²) in [5.74, 6) is -0.633. The highest BCUT2D eigenvalue weighted by Gasteiger charge is 2.35. The third kappa shape index (κ3) is 8.10. The third-order valence-corrected chi connectivity index (χ3v) is 6.09. The van der Waals surface area contributed by atoms with Gasteiger partial charge in [0.15, 0.2) is 0 Å². The molecule has 2 aromatic rings. The van der Waals surface area contributed by atoms with Gasteiger partial charge >= 0.3 is 6.09 Å². The first kappa shape index (κ1) is 26.2. The maximum atomic E-state index is 13.1. The number of hydrogen-bond acceptors (Lipinski definition) is 5. The predicted octanol–water partition coefficient (Wildman–Crippen LogP) is 1.67. The smallest absolute Gasteiger partial charge is 0.407 e. The number of hydrogen-bond donors (Lipinski definition) is 3. The van der Waals surface area contributed by atoms with Crippen molar-refractivity contribution in [2.24, 2.45) is 0 Å². The van der Waals surface area contributed by atoms with Crippen LogP contribution >= 0.6 is 12.2 Å². The Bertz CT molecular complexity index is 1010. The van der Waals surface area contributed by atoms with Gasteiger partial charge in [0.2, 0.25) is 11.8 Å². The molecule has 0 aliphatic carbocycles. The molecule has 1 aliphatic rings. The fourth-order valence-corrected chi connectivity index (χ4v) is 4.14. The number of rotatable bonds is 10. The molecule has 1 heterocycles. The van der Waals surface area contributed by atoms with Gasteiger partial charge in [-0.3, -0.25) is 9.59 Å². The molecule has 0 saturated carbocycles. The number of thiocarbonyl (C=S) groups is 1. The van der Waals surface area contributed by atoms with E-state index in [2.05, 4.69) is 16.0 Å². The Morgan fingerprint density at radius 3 is 2.34 bits per heavy atom. The second kappa shape index (κ2) is 13.5. The molecule has 1 fully saturated rings. The number of likely N-dealkylation sites (tertiary alicyclic amines) is 1. The van der Waals surface area contributed by atoms with Crippen LogP contribution in [0, 0.1) is 0 Å². The molecule has 2 aromatic carbocycles. The van der Waals surface area contributed by atoms with Crippen LogP contribution in [0.5, 0.6) is 0 Å². The van der Waals surface area contributed by atoms with Gasteiger partial charge < -0.3 is 25.6 Å². The molecule has 1 saturated heterocycles. The molecular weight excluding hydrogens is 463 g/mol. The van der Waals surface area contributed by atoms with Crippen LogP contribution in [0.1, 0.15) is 24.0 Å². The van der Waals surface area contributed by atoms with Gasteiger partial charge in [-0.15, -0.1) is 0 Å². The summed E-state index contributed by atoms with van der Waals surface area (Å²) in [6.07, 6.45) is 1.18. The Hall–Kier alpha value is -3.40. The van der Waals surface area contributed by atoms with E-state index in [1.165, 1.54) is 4.90 Å². The number of carbonyl (C=O) groups excluding carboxylic acids is 3. The van der Waals surface area contributed by atoms with E-state index >= 15 is 0 Å². The van der Waals surface area contributed by atoms with Crippen molar-refractivity contribution in [2.45, 2.75) is 38.0 Å². The minimum atomic E-state index is -0.691. The summed E-state index contributed by atoms with van der Waals surface area (Å²) in [5.41, 5.74) is 1.86. The summed E-state index contributed by atoms with van der Waals surface area (Å²) >= 11 is 5.43. The molecule has 0 unspecified atom stereocenters. The van der Waals surface area contributed by atoms with Crippen LogP contribution in [0.15, 0.2) is 60.7 Å². The molecular formula is C25H29BN4O4S. The minimum Gasteiger partial charge on any atom is -0.445 e. The lowest BCUT2D eigenvalue weighted by Gasteiger charge is -2.27. The Kier molecular flexibility index (Phi) is 10.1. The number of carbonyl (C=O) groups is 3. The maximum Gasteiger partial charge on any atom is 0.407 e. The number of ether oxygens (including phenoxy) is 1. The molecule has 35 heavy (non-hydrogen) atoms. The minimum absolute atomic E-state index is 0.106. The molecule has 10 heteroatoms. The molecule has 3 rings (SSSR count). The molecule has 0 aromatic heterocycles. The van der Waals surface area contributed by atoms with Crippen LogP contribution in [0.25, 0.3) is 0 Å². The van der Waals surface area contributed by atoms with Gasteiger partial charge in [-0.2, -0.15) is 0 Å². The van der Waals surface area contributed by atoms with Gasteiger partial charge in [0, 0.05) is 6.54 Å². The normalized spacial score (nSPS) is 15.7. The van der Waals surface area contributed by atoms with Crippen molar-refractivity contribution in [3.63, 3.8) is 0 Å². The average molecular weight is 492 g/mol. The molecule has 3 N–H and O–H groups in total. The van der Waals surface area contributed by atoms with Gasteiger partial charge in [-0.25, -0.2) is 4.79 Å². The summed E-state index contributed by atoms with van der Waals surface area (Å²) in [6.45, 7) is 0.291. The van der Waals surface area contributed by atoms with Crippen molar-refractivity contribution in [2.75, 3.05) is 19.5 Å². The van der Waals surface area contributed by atoms with Crippen LogP contribution < -0.4 is 16.0 Å². The van der Waals surface area contributed by atoms with Crippen molar-refractivity contribution in [1.29, 1.82) is 0 Å². The van der Waals surface area contributed by atoms with E-state index in [-0.39, 0.29) is 31.4 Å². The fraction of sp³-hybridized carbons (Fsp3) is 0.360. The topological polar surface area (TPSA) is 99.8 Å². The first-order chi connectivity index (χ1) is 17.0. The molecule has 3 amide bonds. The number of alkyl carbamates (subject to hydrolysis) is 1. The molecule has 8 nitrogen and oxygen atoms in total. The molecule has 2 atom stereocenters. The zero-order valence-electron chi connectivity index (χ0n) is 19.4.